The minimum absolute atomic E-state index is 0.144. The van der Waals surface area contributed by atoms with Crippen LogP contribution in [0.3, 0.4) is 0 Å². The van der Waals surface area contributed by atoms with Gasteiger partial charge < -0.3 is 15.4 Å². The lowest BCUT2D eigenvalue weighted by molar-refractivity contribution is -0.125. The number of anilines is 1. The normalized spacial score (nSPS) is 10.4. The van der Waals surface area contributed by atoms with Crippen LogP contribution in [0.5, 0.6) is 5.75 Å². The maximum atomic E-state index is 12.1. The third-order valence-corrected chi connectivity index (χ3v) is 5.00. The number of nitrogens with zero attached hydrogens (tertiary/aromatic N) is 1. The van der Waals surface area contributed by atoms with E-state index < -0.39 is 0 Å². The molecule has 0 fully saturated rings. The van der Waals surface area contributed by atoms with Crippen LogP contribution in [0.4, 0.5) is 5.13 Å². The largest absolute Gasteiger partial charge is 0.484 e. The number of ether oxygens (including phenoxy) is 1. The highest BCUT2D eigenvalue weighted by molar-refractivity contribution is 7.14. The quantitative estimate of drug-likeness (QED) is 0.621. The van der Waals surface area contributed by atoms with Crippen molar-refractivity contribution in [2.24, 2.45) is 0 Å². The van der Waals surface area contributed by atoms with Gasteiger partial charge in [-0.15, -0.1) is 11.3 Å². The SMILES string of the molecule is Cc1cc(C)c(-c2csc(NC(=O)CNC(=O)COc3ccccc3)n2)c(C)c1. The predicted molar refractivity (Wildman–Crippen MR) is 115 cm³/mol. The number of carbonyl (C=O) groups is 2. The standard InChI is InChI=1S/C22H23N3O3S/c1-14-9-15(2)21(16(3)10-14)18-13-29-22(24-18)25-19(26)11-23-20(27)12-28-17-7-5-4-6-8-17/h4-10,13H,11-12H2,1-3H3,(H,23,27)(H,24,25,26). The monoisotopic (exact) mass is 409 g/mol. The molecule has 0 saturated heterocycles. The summed E-state index contributed by atoms with van der Waals surface area (Å²) in [6.45, 7) is 5.88. The van der Waals surface area contributed by atoms with Gasteiger partial charge in [-0.25, -0.2) is 4.98 Å². The van der Waals surface area contributed by atoms with E-state index in [1.807, 2.05) is 23.6 Å². The summed E-state index contributed by atoms with van der Waals surface area (Å²) in [7, 11) is 0. The second-order valence-electron chi connectivity index (χ2n) is 6.74. The van der Waals surface area contributed by atoms with E-state index in [9.17, 15) is 9.59 Å². The van der Waals surface area contributed by atoms with Gasteiger partial charge in [-0.05, 0) is 44.0 Å². The Morgan fingerprint density at radius 2 is 1.72 bits per heavy atom. The van der Waals surface area contributed by atoms with Crippen LogP contribution in [0.1, 0.15) is 16.7 Å². The van der Waals surface area contributed by atoms with Gasteiger partial charge in [-0.2, -0.15) is 0 Å². The number of aryl methyl sites for hydroxylation is 3. The van der Waals surface area contributed by atoms with Gasteiger partial charge in [0.25, 0.3) is 5.91 Å². The van der Waals surface area contributed by atoms with E-state index in [4.69, 9.17) is 4.74 Å². The number of benzene rings is 2. The molecule has 2 amide bonds. The molecule has 1 heterocycles. The van der Waals surface area contributed by atoms with Crippen molar-refractivity contribution < 1.29 is 14.3 Å². The van der Waals surface area contributed by atoms with Gasteiger partial charge in [-0.1, -0.05) is 35.9 Å². The molecule has 1 aromatic heterocycles. The number of aromatic nitrogens is 1. The fourth-order valence-corrected chi connectivity index (χ4v) is 3.81. The number of carbonyl (C=O) groups excluding carboxylic acids is 2. The maximum absolute atomic E-state index is 12.1. The van der Waals surface area contributed by atoms with Crippen LogP contribution in [-0.2, 0) is 9.59 Å². The summed E-state index contributed by atoms with van der Waals surface area (Å²) in [4.78, 5) is 28.5. The Labute approximate surface area is 173 Å². The molecule has 3 rings (SSSR count). The van der Waals surface area contributed by atoms with Crippen LogP contribution in [0.25, 0.3) is 11.3 Å². The number of thiazole rings is 1. The lowest BCUT2D eigenvalue weighted by Crippen LogP contribution is -2.35. The summed E-state index contributed by atoms with van der Waals surface area (Å²) in [5.74, 6) is -0.102. The Morgan fingerprint density at radius 3 is 2.41 bits per heavy atom. The van der Waals surface area contributed by atoms with Crippen molar-refractivity contribution in [1.82, 2.24) is 10.3 Å². The Morgan fingerprint density at radius 1 is 1.03 bits per heavy atom. The lowest BCUT2D eigenvalue weighted by Gasteiger charge is -2.09. The fraction of sp³-hybridized carbons (Fsp3) is 0.227. The third kappa shape index (κ3) is 5.65. The van der Waals surface area contributed by atoms with Gasteiger partial charge in [0.1, 0.15) is 5.75 Å². The molecule has 0 unspecified atom stereocenters. The molecule has 6 nitrogen and oxygen atoms in total. The molecule has 0 aliphatic heterocycles. The van der Waals surface area contributed by atoms with E-state index in [1.54, 1.807) is 12.1 Å². The molecule has 0 radical (unpaired) electrons. The van der Waals surface area contributed by atoms with Crippen molar-refractivity contribution >= 4 is 28.3 Å². The van der Waals surface area contributed by atoms with E-state index in [0.717, 1.165) is 22.4 Å². The molecule has 0 saturated carbocycles. The molecule has 0 atom stereocenters. The zero-order valence-corrected chi connectivity index (χ0v) is 17.4. The van der Waals surface area contributed by atoms with Crippen molar-refractivity contribution in [2.75, 3.05) is 18.5 Å². The van der Waals surface area contributed by atoms with Crippen molar-refractivity contribution in [1.29, 1.82) is 0 Å². The van der Waals surface area contributed by atoms with Gasteiger partial charge in [0, 0.05) is 10.9 Å². The summed E-state index contributed by atoms with van der Waals surface area (Å²) in [5.41, 5.74) is 5.42. The smallest absolute Gasteiger partial charge is 0.258 e. The van der Waals surface area contributed by atoms with E-state index >= 15 is 0 Å². The summed E-state index contributed by atoms with van der Waals surface area (Å²) < 4.78 is 5.35. The van der Waals surface area contributed by atoms with Crippen LogP contribution < -0.4 is 15.4 Å². The number of nitrogens with one attached hydrogen (secondary N) is 2. The lowest BCUT2D eigenvalue weighted by atomic mass is 9.98. The molecule has 29 heavy (non-hydrogen) atoms. The number of hydrogen-bond acceptors (Lipinski definition) is 5. The number of rotatable bonds is 7. The summed E-state index contributed by atoms with van der Waals surface area (Å²) in [6, 6.07) is 13.3. The fourth-order valence-electron chi connectivity index (χ4n) is 3.09. The molecule has 0 bridgehead atoms. The van der Waals surface area contributed by atoms with Crippen LogP contribution in [0.2, 0.25) is 0 Å². The van der Waals surface area contributed by atoms with Crippen LogP contribution in [0.15, 0.2) is 47.8 Å². The maximum Gasteiger partial charge on any atom is 0.258 e. The van der Waals surface area contributed by atoms with Crippen LogP contribution >= 0.6 is 11.3 Å². The molecular formula is C22H23N3O3S. The summed E-state index contributed by atoms with van der Waals surface area (Å²) in [5, 5.41) is 7.68. The highest BCUT2D eigenvalue weighted by Crippen LogP contribution is 2.30. The molecular weight excluding hydrogens is 386 g/mol. The summed E-state index contributed by atoms with van der Waals surface area (Å²) >= 11 is 1.36. The highest BCUT2D eigenvalue weighted by atomic mass is 32.1. The van der Waals surface area contributed by atoms with Crippen molar-refractivity contribution in [3.05, 3.63) is 64.5 Å². The Balaban J connectivity index is 1.51. The van der Waals surface area contributed by atoms with Gasteiger partial charge in [0.05, 0.1) is 12.2 Å². The topological polar surface area (TPSA) is 80.3 Å². The number of hydrogen-bond donors (Lipinski definition) is 2. The molecule has 0 aliphatic rings. The molecule has 0 spiro atoms. The average molecular weight is 410 g/mol. The average Bonchev–Trinajstić information content (AvgIpc) is 3.12. The number of amides is 2. The van der Waals surface area contributed by atoms with E-state index in [-0.39, 0.29) is 25.0 Å². The van der Waals surface area contributed by atoms with E-state index in [2.05, 4.69) is 48.5 Å². The molecule has 2 N–H and O–H groups in total. The zero-order chi connectivity index (χ0) is 20.8. The van der Waals surface area contributed by atoms with Crippen LogP contribution in [0, 0.1) is 20.8 Å². The molecule has 3 aromatic rings. The van der Waals surface area contributed by atoms with E-state index in [0.29, 0.717) is 10.9 Å². The second-order valence-corrected chi connectivity index (χ2v) is 7.60. The van der Waals surface area contributed by atoms with Gasteiger partial charge in [0.2, 0.25) is 5.91 Å². The first-order chi connectivity index (χ1) is 13.9. The first-order valence-corrected chi connectivity index (χ1v) is 10.1. The first-order valence-electron chi connectivity index (χ1n) is 9.20. The van der Waals surface area contributed by atoms with Crippen molar-refractivity contribution in [3.8, 4) is 17.0 Å². The predicted octanol–water partition coefficient (Wildman–Crippen LogP) is 3.87. The molecule has 0 aliphatic carbocycles. The Kier molecular flexibility index (Phi) is 6.61. The second kappa shape index (κ2) is 9.34. The molecule has 2 aromatic carbocycles. The van der Waals surface area contributed by atoms with Gasteiger partial charge in [0.15, 0.2) is 11.7 Å². The van der Waals surface area contributed by atoms with Crippen LogP contribution in [-0.4, -0.2) is 29.9 Å². The van der Waals surface area contributed by atoms with Crippen molar-refractivity contribution in [3.63, 3.8) is 0 Å². The van der Waals surface area contributed by atoms with Gasteiger partial charge >= 0.3 is 0 Å². The third-order valence-electron chi connectivity index (χ3n) is 4.24. The Hall–Kier alpha value is -3.19. The molecule has 7 heteroatoms. The summed E-state index contributed by atoms with van der Waals surface area (Å²) in [6.07, 6.45) is 0. The first kappa shape index (κ1) is 20.5. The Bertz CT molecular complexity index is 992. The molecule has 150 valence electrons. The zero-order valence-electron chi connectivity index (χ0n) is 16.6. The minimum Gasteiger partial charge on any atom is -0.484 e. The highest BCUT2D eigenvalue weighted by Gasteiger charge is 2.13. The van der Waals surface area contributed by atoms with Crippen molar-refractivity contribution in [2.45, 2.75) is 20.8 Å². The number of para-hydroxylation sites is 1. The van der Waals surface area contributed by atoms with Gasteiger partial charge in [-0.3, -0.25) is 9.59 Å². The van der Waals surface area contributed by atoms with E-state index in [1.165, 1.54) is 16.9 Å². The minimum atomic E-state index is -0.366.